The minimum Gasteiger partial charge on any atom is -0.495 e. The number of aryl methyl sites for hydroxylation is 1. The lowest BCUT2D eigenvalue weighted by Crippen LogP contribution is -2.36. The normalized spacial score (nSPS) is 18.5. The number of aromatic nitrogens is 2. The Labute approximate surface area is 257 Å². The first-order valence-electron chi connectivity index (χ1n) is 14.4. The first-order chi connectivity index (χ1) is 20.9. The Balaban J connectivity index is 1.43. The summed E-state index contributed by atoms with van der Waals surface area (Å²) in [4.78, 5) is 21.2. The van der Waals surface area contributed by atoms with E-state index in [9.17, 15) is 4.79 Å². The molecule has 1 amide bonds. The number of amides is 1. The molecule has 43 heavy (non-hydrogen) atoms. The highest BCUT2D eigenvalue weighted by Crippen LogP contribution is 2.45. The van der Waals surface area contributed by atoms with Crippen molar-refractivity contribution in [1.82, 2.24) is 14.9 Å². The maximum Gasteiger partial charge on any atom is 0.221 e. The van der Waals surface area contributed by atoms with Crippen molar-refractivity contribution in [2.45, 2.75) is 32.9 Å². The number of thiocarbonyl (C=S) groups is 1. The number of pyridine rings is 1. The van der Waals surface area contributed by atoms with E-state index >= 15 is 0 Å². The highest BCUT2D eigenvalue weighted by atomic mass is 32.1. The van der Waals surface area contributed by atoms with Crippen molar-refractivity contribution < 1.29 is 14.3 Å². The third kappa shape index (κ3) is 5.55. The molecule has 9 nitrogen and oxygen atoms in total. The molecule has 2 fully saturated rings. The summed E-state index contributed by atoms with van der Waals surface area (Å²) >= 11 is 5.97. The molecule has 0 saturated carbocycles. The van der Waals surface area contributed by atoms with Crippen molar-refractivity contribution in [2.75, 3.05) is 48.5 Å². The van der Waals surface area contributed by atoms with Crippen LogP contribution in [0.1, 0.15) is 41.7 Å². The number of benzene rings is 2. The van der Waals surface area contributed by atoms with Crippen LogP contribution in [0.4, 0.5) is 17.1 Å². The predicted octanol–water partition coefficient (Wildman–Crippen LogP) is 5.47. The van der Waals surface area contributed by atoms with E-state index in [1.54, 1.807) is 13.3 Å². The van der Waals surface area contributed by atoms with Crippen LogP contribution < -0.4 is 25.2 Å². The average molecular weight is 597 g/mol. The summed E-state index contributed by atoms with van der Waals surface area (Å²) in [5, 5.41) is 7.02. The Morgan fingerprint density at radius 1 is 1.02 bits per heavy atom. The molecule has 2 aromatic heterocycles. The largest absolute Gasteiger partial charge is 0.495 e. The monoisotopic (exact) mass is 596 g/mol. The van der Waals surface area contributed by atoms with Gasteiger partial charge in [-0.25, -0.2) is 0 Å². The lowest BCUT2D eigenvalue weighted by Gasteiger charge is -2.29. The van der Waals surface area contributed by atoms with Crippen molar-refractivity contribution in [3.05, 3.63) is 95.6 Å². The van der Waals surface area contributed by atoms with Crippen molar-refractivity contribution in [2.24, 2.45) is 0 Å². The van der Waals surface area contributed by atoms with Gasteiger partial charge in [0.15, 0.2) is 5.11 Å². The van der Waals surface area contributed by atoms with Gasteiger partial charge in [-0.2, -0.15) is 0 Å². The fourth-order valence-electron chi connectivity index (χ4n) is 6.20. The molecule has 2 aliphatic rings. The van der Waals surface area contributed by atoms with Crippen LogP contribution in [0, 0.1) is 13.8 Å². The molecule has 4 heterocycles. The zero-order valence-electron chi connectivity index (χ0n) is 24.8. The van der Waals surface area contributed by atoms with Crippen LogP contribution in [-0.2, 0) is 9.53 Å². The van der Waals surface area contributed by atoms with Gasteiger partial charge in [0.05, 0.1) is 43.8 Å². The Morgan fingerprint density at radius 2 is 1.74 bits per heavy atom. The first-order valence-corrected chi connectivity index (χ1v) is 14.8. The summed E-state index contributed by atoms with van der Waals surface area (Å²) in [6.07, 6.45) is 1.81. The third-order valence-corrected chi connectivity index (χ3v) is 8.46. The second kappa shape index (κ2) is 12.1. The van der Waals surface area contributed by atoms with E-state index in [-0.39, 0.29) is 18.0 Å². The molecule has 0 bridgehead atoms. The van der Waals surface area contributed by atoms with Crippen LogP contribution in [0.25, 0.3) is 5.69 Å². The molecule has 0 aliphatic carbocycles. The first kappa shape index (κ1) is 28.7. The highest BCUT2D eigenvalue weighted by Gasteiger charge is 2.42. The number of hydrogen-bond donors (Lipinski definition) is 2. The number of hydrogen-bond acceptors (Lipinski definition) is 6. The van der Waals surface area contributed by atoms with E-state index in [0.29, 0.717) is 16.5 Å². The van der Waals surface area contributed by atoms with Crippen molar-refractivity contribution >= 4 is 40.3 Å². The number of ether oxygens (including phenoxy) is 2. The minimum absolute atomic E-state index is 0.177. The van der Waals surface area contributed by atoms with Crippen LogP contribution in [0.3, 0.4) is 0 Å². The van der Waals surface area contributed by atoms with Gasteiger partial charge in [-0.3, -0.25) is 9.78 Å². The Bertz CT molecular complexity index is 1630. The third-order valence-electron chi connectivity index (χ3n) is 8.14. The Morgan fingerprint density at radius 3 is 2.42 bits per heavy atom. The molecule has 2 saturated heterocycles. The van der Waals surface area contributed by atoms with Crippen LogP contribution in [-0.4, -0.2) is 54.0 Å². The van der Waals surface area contributed by atoms with Crippen LogP contribution in [0.15, 0.2) is 72.9 Å². The van der Waals surface area contributed by atoms with E-state index < -0.39 is 0 Å². The minimum atomic E-state index is -0.200. The topological polar surface area (TPSA) is 83.9 Å². The molecule has 10 heteroatoms. The van der Waals surface area contributed by atoms with Gasteiger partial charge in [-0.15, -0.1) is 0 Å². The standard InChI is InChI=1S/C33H36N6O3S/c1-21-19-27(22(2)38(21)25-10-8-24(9-11-25)37-15-17-42-18-16-37)32-31(28-7-5-6-14-34-28)36-33(43)39(32)26-12-13-30(41-4)29(20-26)35-23(3)40/h5-14,19-20,31-32H,15-18H2,1-4H3,(H,35,40)(H,36,43)/t31-,32+/m0/s1. The van der Waals surface area contributed by atoms with E-state index in [4.69, 9.17) is 26.7 Å². The van der Waals surface area contributed by atoms with Gasteiger partial charge in [0.25, 0.3) is 0 Å². The second-order valence-electron chi connectivity index (χ2n) is 10.8. The molecular formula is C33H36N6O3S. The van der Waals surface area contributed by atoms with Crippen LogP contribution in [0.2, 0.25) is 0 Å². The number of morpholine rings is 1. The lowest BCUT2D eigenvalue weighted by molar-refractivity contribution is -0.114. The maximum absolute atomic E-state index is 12.0. The number of rotatable bonds is 7. The molecular weight excluding hydrogens is 560 g/mol. The van der Waals surface area contributed by atoms with Crippen molar-refractivity contribution in [3.63, 3.8) is 0 Å². The molecule has 6 rings (SSSR count). The number of carbonyl (C=O) groups excluding carboxylic acids is 1. The van der Waals surface area contributed by atoms with Gasteiger partial charge < -0.3 is 34.5 Å². The van der Waals surface area contributed by atoms with Crippen molar-refractivity contribution in [1.29, 1.82) is 0 Å². The van der Waals surface area contributed by atoms with E-state index in [2.05, 4.69) is 69.2 Å². The molecule has 2 aromatic carbocycles. The zero-order chi connectivity index (χ0) is 30.1. The Kier molecular flexibility index (Phi) is 8.05. The molecule has 2 atom stereocenters. The summed E-state index contributed by atoms with van der Waals surface area (Å²) in [6, 6.07) is 22.3. The van der Waals surface area contributed by atoms with Gasteiger partial charge in [-0.05, 0) is 92.3 Å². The molecule has 0 radical (unpaired) electrons. The van der Waals surface area contributed by atoms with Crippen molar-refractivity contribution in [3.8, 4) is 11.4 Å². The van der Waals surface area contributed by atoms with E-state index in [0.717, 1.165) is 60.3 Å². The summed E-state index contributed by atoms with van der Waals surface area (Å²) < 4.78 is 13.3. The van der Waals surface area contributed by atoms with Gasteiger partial charge >= 0.3 is 0 Å². The smallest absolute Gasteiger partial charge is 0.221 e. The Hall–Kier alpha value is -4.41. The number of nitrogens with one attached hydrogen (secondary N) is 2. The number of methoxy groups -OCH3 is 1. The predicted molar refractivity (Wildman–Crippen MR) is 174 cm³/mol. The van der Waals surface area contributed by atoms with Gasteiger partial charge in [0, 0.05) is 54.7 Å². The zero-order valence-corrected chi connectivity index (χ0v) is 25.6. The summed E-state index contributed by atoms with van der Waals surface area (Å²) in [7, 11) is 1.59. The molecule has 222 valence electrons. The summed E-state index contributed by atoms with van der Waals surface area (Å²) in [5.41, 5.74) is 8.00. The number of carbonyl (C=O) groups is 1. The van der Waals surface area contributed by atoms with Crippen LogP contribution >= 0.6 is 12.2 Å². The summed E-state index contributed by atoms with van der Waals surface area (Å²) in [5.74, 6) is 0.400. The number of anilines is 3. The molecule has 2 aliphatic heterocycles. The lowest BCUT2D eigenvalue weighted by atomic mass is 9.96. The molecule has 2 N–H and O–H groups in total. The highest BCUT2D eigenvalue weighted by molar-refractivity contribution is 7.80. The van der Waals surface area contributed by atoms with E-state index in [1.807, 2.05) is 36.4 Å². The fourth-order valence-corrected chi connectivity index (χ4v) is 6.55. The van der Waals surface area contributed by atoms with Crippen LogP contribution in [0.5, 0.6) is 5.75 Å². The van der Waals surface area contributed by atoms with E-state index in [1.165, 1.54) is 12.6 Å². The fraction of sp³-hybridized carbons (Fsp3) is 0.303. The quantitative estimate of drug-likeness (QED) is 0.272. The average Bonchev–Trinajstić information content (AvgIpc) is 3.52. The molecule has 4 aromatic rings. The van der Waals surface area contributed by atoms with Gasteiger partial charge in [0.1, 0.15) is 5.75 Å². The second-order valence-corrected chi connectivity index (χ2v) is 11.2. The maximum atomic E-state index is 12.0. The SMILES string of the molecule is COc1ccc(N2C(=S)N[C@@H](c3ccccn3)[C@H]2c2cc(C)n(-c3ccc(N4CCOCC4)cc3)c2C)cc1NC(C)=O. The number of nitrogens with zero attached hydrogens (tertiary/aromatic N) is 4. The van der Waals surface area contributed by atoms with Gasteiger partial charge in [0.2, 0.25) is 5.91 Å². The molecule has 0 spiro atoms. The molecule has 0 unspecified atom stereocenters. The van der Waals surface area contributed by atoms with Gasteiger partial charge in [-0.1, -0.05) is 6.07 Å². The summed E-state index contributed by atoms with van der Waals surface area (Å²) in [6.45, 7) is 9.09.